The van der Waals surface area contributed by atoms with Gasteiger partial charge < -0.3 is 13.6 Å². The lowest BCUT2D eigenvalue weighted by atomic mass is 10.2. The number of halogens is 1. The summed E-state index contributed by atoms with van der Waals surface area (Å²) >= 11 is 4.90. The summed E-state index contributed by atoms with van der Waals surface area (Å²) in [6.45, 7) is 0.127. The Morgan fingerprint density at radius 1 is 1.08 bits per heavy atom. The number of ether oxygens (including phenoxy) is 1. The van der Waals surface area contributed by atoms with Crippen molar-refractivity contribution in [3.63, 3.8) is 0 Å². The van der Waals surface area contributed by atoms with Gasteiger partial charge in [-0.15, -0.1) is 21.5 Å². The van der Waals surface area contributed by atoms with Crippen LogP contribution in [0.4, 0.5) is 0 Å². The summed E-state index contributed by atoms with van der Waals surface area (Å²) in [4.78, 5) is 12.2. The zero-order valence-electron chi connectivity index (χ0n) is 12.1. The predicted molar refractivity (Wildman–Crippen MR) is 92.1 cm³/mol. The molecule has 1 aromatic carbocycles. The van der Waals surface area contributed by atoms with Crippen LogP contribution >= 0.6 is 27.3 Å². The van der Waals surface area contributed by atoms with E-state index in [2.05, 4.69) is 26.1 Å². The molecule has 0 aliphatic rings. The number of aromatic nitrogens is 2. The van der Waals surface area contributed by atoms with Gasteiger partial charge in [-0.05, 0) is 46.3 Å². The van der Waals surface area contributed by atoms with Crippen molar-refractivity contribution in [1.29, 1.82) is 0 Å². The molecule has 0 aliphatic carbocycles. The fraction of sp³-hybridized carbons (Fsp3) is 0.0625. The molecular formula is C16H9BrN2O4S. The fourth-order valence-corrected chi connectivity index (χ4v) is 3.42. The maximum Gasteiger partial charge on any atom is 0.336 e. The first-order valence-electron chi connectivity index (χ1n) is 6.92. The normalized spacial score (nSPS) is 11.0. The highest BCUT2D eigenvalue weighted by Crippen LogP contribution is 2.30. The maximum absolute atomic E-state index is 11.3. The smallest absolute Gasteiger partial charge is 0.336 e. The van der Waals surface area contributed by atoms with Crippen molar-refractivity contribution in [2.24, 2.45) is 0 Å². The molecule has 0 unspecified atom stereocenters. The van der Waals surface area contributed by atoms with Gasteiger partial charge in [0, 0.05) is 17.5 Å². The van der Waals surface area contributed by atoms with Gasteiger partial charge >= 0.3 is 5.63 Å². The lowest BCUT2D eigenvalue weighted by Crippen LogP contribution is -1.97. The van der Waals surface area contributed by atoms with Crippen LogP contribution in [0.3, 0.4) is 0 Å². The molecule has 0 atom stereocenters. The van der Waals surface area contributed by atoms with Gasteiger partial charge in [0.25, 0.3) is 11.8 Å². The number of hydrogen-bond acceptors (Lipinski definition) is 7. The second kappa shape index (κ2) is 6.21. The summed E-state index contributed by atoms with van der Waals surface area (Å²) in [5, 5.41) is 8.80. The van der Waals surface area contributed by atoms with Crippen LogP contribution in [-0.4, -0.2) is 10.2 Å². The third-order valence-corrected chi connectivity index (χ3v) is 4.82. The third kappa shape index (κ3) is 3.10. The van der Waals surface area contributed by atoms with E-state index in [1.165, 1.54) is 17.4 Å². The zero-order valence-corrected chi connectivity index (χ0v) is 14.5. The van der Waals surface area contributed by atoms with Gasteiger partial charge in [-0.3, -0.25) is 0 Å². The minimum Gasteiger partial charge on any atom is -0.484 e. The summed E-state index contributed by atoms with van der Waals surface area (Å²) in [6, 6.07) is 12.2. The number of rotatable bonds is 4. The SMILES string of the molecule is O=c1ccc2ccc(OCc3nnc(-c4ccc(Br)s4)o3)cc2o1. The molecule has 0 spiro atoms. The van der Waals surface area contributed by atoms with E-state index in [0.29, 0.717) is 23.1 Å². The summed E-state index contributed by atoms with van der Waals surface area (Å²) in [7, 11) is 0. The molecule has 3 heterocycles. The molecule has 0 N–H and O–H groups in total. The highest BCUT2D eigenvalue weighted by Gasteiger charge is 2.11. The summed E-state index contributed by atoms with van der Waals surface area (Å²) in [6.07, 6.45) is 0. The minimum atomic E-state index is -0.400. The molecule has 0 amide bonds. The fourth-order valence-electron chi connectivity index (χ4n) is 2.12. The maximum atomic E-state index is 11.3. The first-order chi connectivity index (χ1) is 11.7. The monoisotopic (exact) mass is 404 g/mol. The Morgan fingerprint density at radius 2 is 1.96 bits per heavy atom. The van der Waals surface area contributed by atoms with Gasteiger partial charge in [0.1, 0.15) is 11.3 Å². The Balaban J connectivity index is 1.50. The zero-order chi connectivity index (χ0) is 16.5. The van der Waals surface area contributed by atoms with E-state index in [9.17, 15) is 4.79 Å². The van der Waals surface area contributed by atoms with Crippen LogP contribution in [0.25, 0.3) is 21.7 Å². The molecule has 24 heavy (non-hydrogen) atoms. The molecule has 0 fully saturated rings. The van der Waals surface area contributed by atoms with Gasteiger partial charge in [-0.1, -0.05) is 0 Å². The number of fused-ring (bicyclic) bond motifs is 1. The van der Waals surface area contributed by atoms with Crippen LogP contribution in [0.1, 0.15) is 5.89 Å². The van der Waals surface area contributed by atoms with Crippen molar-refractivity contribution in [3.05, 3.63) is 62.6 Å². The van der Waals surface area contributed by atoms with E-state index in [4.69, 9.17) is 13.6 Å². The minimum absolute atomic E-state index is 0.127. The topological polar surface area (TPSA) is 78.4 Å². The van der Waals surface area contributed by atoms with E-state index in [-0.39, 0.29) is 6.61 Å². The van der Waals surface area contributed by atoms with Crippen molar-refractivity contribution >= 4 is 38.2 Å². The standard InChI is InChI=1S/C16H9BrN2O4S/c17-13-5-4-12(24-13)16-19-18-14(23-16)8-21-10-3-1-9-2-6-15(20)22-11(9)7-10/h1-7H,8H2. The average molecular weight is 405 g/mol. The molecule has 0 saturated heterocycles. The Bertz CT molecular complexity index is 1070. The van der Waals surface area contributed by atoms with E-state index in [1.807, 2.05) is 18.2 Å². The first kappa shape index (κ1) is 15.1. The lowest BCUT2D eigenvalue weighted by molar-refractivity contribution is 0.264. The van der Waals surface area contributed by atoms with Gasteiger partial charge in [0.05, 0.1) is 8.66 Å². The molecule has 120 valence electrons. The molecule has 0 aliphatic heterocycles. The van der Waals surface area contributed by atoms with E-state index in [1.54, 1.807) is 18.2 Å². The average Bonchev–Trinajstić information content (AvgIpc) is 3.21. The van der Waals surface area contributed by atoms with Crippen molar-refractivity contribution in [3.8, 4) is 16.5 Å². The van der Waals surface area contributed by atoms with Crippen molar-refractivity contribution < 1.29 is 13.6 Å². The van der Waals surface area contributed by atoms with Crippen LogP contribution in [0.5, 0.6) is 5.75 Å². The molecule has 4 aromatic rings. The quantitative estimate of drug-likeness (QED) is 0.473. The summed E-state index contributed by atoms with van der Waals surface area (Å²) < 4.78 is 17.3. The highest BCUT2D eigenvalue weighted by molar-refractivity contribution is 9.11. The number of nitrogens with zero attached hydrogens (tertiary/aromatic N) is 2. The van der Waals surface area contributed by atoms with Gasteiger partial charge in [-0.25, -0.2) is 4.79 Å². The third-order valence-electron chi connectivity index (χ3n) is 3.21. The van der Waals surface area contributed by atoms with E-state index in [0.717, 1.165) is 14.0 Å². The lowest BCUT2D eigenvalue weighted by Gasteiger charge is -2.03. The Kier molecular flexibility index (Phi) is 3.91. The number of hydrogen-bond donors (Lipinski definition) is 0. The van der Waals surface area contributed by atoms with Crippen LogP contribution in [0.15, 0.2) is 59.9 Å². The molecule has 6 nitrogen and oxygen atoms in total. The molecule has 0 bridgehead atoms. The second-order valence-corrected chi connectivity index (χ2v) is 7.31. The van der Waals surface area contributed by atoms with Crippen molar-refractivity contribution in [2.45, 2.75) is 6.61 Å². The number of benzene rings is 1. The first-order valence-corrected chi connectivity index (χ1v) is 8.53. The highest BCUT2D eigenvalue weighted by atomic mass is 79.9. The molecular weight excluding hydrogens is 396 g/mol. The van der Waals surface area contributed by atoms with Crippen molar-refractivity contribution in [2.75, 3.05) is 0 Å². The largest absolute Gasteiger partial charge is 0.484 e. The van der Waals surface area contributed by atoms with Crippen LogP contribution < -0.4 is 10.4 Å². The van der Waals surface area contributed by atoms with Crippen LogP contribution in [-0.2, 0) is 6.61 Å². The molecule has 8 heteroatoms. The Hall–Kier alpha value is -2.45. The molecule has 3 aromatic heterocycles. The Morgan fingerprint density at radius 3 is 2.79 bits per heavy atom. The number of thiophene rings is 1. The van der Waals surface area contributed by atoms with Crippen LogP contribution in [0, 0.1) is 0 Å². The summed E-state index contributed by atoms with van der Waals surface area (Å²) in [5.74, 6) is 1.37. The van der Waals surface area contributed by atoms with Gasteiger partial charge in [-0.2, -0.15) is 0 Å². The van der Waals surface area contributed by atoms with Crippen molar-refractivity contribution in [1.82, 2.24) is 10.2 Å². The Labute approximate surface area is 147 Å². The predicted octanol–water partition coefficient (Wildman–Crippen LogP) is 4.25. The molecule has 0 saturated carbocycles. The van der Waals surface area contributed by atoms with E-state index < -0.39 is 5.63 Å². The molecule has 4 rings (SSSR count). The van der Waals surface area contributed by atoms with Gasteiger partial charge in [0.15, 0.2) is 6.61 Å². The van der Waals surface area contributed by atoms with Crippen LogP contribution in [0.2, 0.25) is 0 Å². The van der Waals surface area contributed by atoms with Gasteiger partial charge in [0.2, 0.25) is 0 Å². The molecule has 0 radical (unpaired) electrons. The van der Waals surface area contributed by atoms with E-state index >= 15 is 0 Å². The summed E-state index contributed by atoms with van der Waals surface area (Å²) in [5.41, 5.74) is 0.0676. The second-order valence-electron chi connectivity index (χ2n) is 4.85.